The molecule has 14 heavy (non-hydrogen) atoms. The minimum absolute atomic E-state index is 0.160. The van der Waals surface area contributed by atoms with E-state index in [1.807, 2.05) is 6.07 Å². The third kappa shape index (κ3) is 1.69. The monoisotopic (exact) mass is 188 g/mol. The quantitative estimate of drug-likeness (QED) is 0.516. The Morgan fingerprint density at radius 2 is 2.29 bits per heavy atom. The molecule has 0 unspecified atom stereocenters. The smallest absolute Gasteiger partial charge is 0.254 e. The largest absolute Gasteiger partial charge is 0.292 e. The molecule has 1 aromatic rings. The average molecular weight is 188 g/mol. The maximum absolute atomic E-state index is 11.2. The van der Waals surface area contributed by atoms with E-state index in [0.29, 0.717) is 5.57 Å². The standard InChI is InChI=1S/C10H8N2O2/c13-9-5-8(10(14)12-9)4-7-2-1-3-11-6-7/h1-4,6H,5H2,(H,12,13,14)/b8-4+. The van der Waals surface area contributed by atoms with Crippen LogP contribution in [0, 0.1) is 0 Å². The second-order valence-electron chi connectivity index (χ2n) is 3.01. The first-order valence-corrected chi connectivity index (χ1v) is 4.20. The highest BCUT2D eigenvalue weighted by Crippen LogP contribution is 2.13. The Labute approximate surface area is 80.7 Å². The summed E-state index contributed by atoms with van der Waals surface area (Å²) in [7, 11) is 0. The first-order chi connectivity index (χ1) is 6.75. The van der Waals surface area contributed by atoms with Gasteiger partial charge < -0.3 is 0 Å². The molecule has 0 bridgehead atoms. The lowest BCUT2D eigenvalue weighted by molar-refractivity contribution is -0.124. The summed E-state index contributed by atoms with van der Waals surface area (Å²) < 4.78 is 0. The average Bonchev–Trinajstić information content (AvgIpc) is 2.47. The van der Waals surface area contributed by atoms with E-state index in [0.717, 1.165) is 5.56 Å². The molecule has 1 aliphatic heterocycles. The van der Waals surface area contributed by atoms with E-state index in [-0.39, 0.29) is 18.2 Å². The van der Waals surface area contributed by atoms with Crippen molar-refractivity contribution >= 4 is 17.9 Å². The molecule has 2 amide bonds. The van der Waals surface area contributed by atoms with Gasteiger partial charge in [-0.05, 0) is 17.7 Å². The van der Waals surface area contributed by atoms with Crippen LogP contribution < -0.4 is 5.32 Å². The highest BCUT2D eigenvalue weighted by atomic mass is 16.2. The number of hydrogen-bond acceptors (Lipinski definition) is 3. The Balaban J connectivity index is 2.28. The van der Waals surface area contributed by atoms with Crippen LogP contribution in [-0.2, 0) is 9.59 Å². The molecule has 1 aromatic heterocycles. The predicted octanol–water partition coefficient (Wildman–Crippen LogP) is 0.511. The van der Waals surface area contributed by atoms with Crippen molar-refractivity contribution in [3.8, 4) is 0 Å². The van der Waals surface area contributed by atoms with Gasteiger partial charge in [0.25, 0.3) is 5.91 Å². The normalized spacial score (nSPS) is 18.7. The van der Waals surface area contributed by atoms with E-state index in [2.05, 4.69) is 10.3 Å². The zero-order chi connectivity index (χ0) is 9.97. The summed E-state index contributed by atoms with van der Waals surface area (Å²) in [5.74, 6) is -0.552. The van der Waals surface area contributed by atoms with E-state index in [9.17, 15) is 9.59 Å². The molecule has 1 fully saturated rings. The lowest BCUT2D eigenvalue weighted by Crippen LogP contribution is -2.19. The van der Waals surface area contributed by atoms with Crippen LogP contribution in [0.1, 0.15) is 12.0 Å². The second kappa shape index (κ2) is 3.41. The van der Waals surface area contributed by atoms with Crippen molar-refractivity contribution in [2.75, 3.05) is 0 Å². The minimum atomic E-state index is -0.307. The van der Waals surface area contributed by atoms with Gasteiger partial charge in [0, 0.05) is 18.0 Å². The molecule has 2 rings (SSSR count). The molecular formula is C10H8N2O2. The summed E-state index contributed by atoms with van der Waals surface area (Å²) in [6, 6.07) is 3.61. The van der Waals surface area contributed by atoms with Crippen LogP contribution in [0.3, 0.4) is 0 Å². The number of nitrogens with zero attached hydrogens (tertiary/aromatic N) is 1. The van der Waals surface area contributed by atoms with Gasteiger partial charge in [0.05, 0.1) is 6.42 Å². The number of imide groups is 1. The van der Waals surface area contributed by atoms with Gasteiger partial charge in [0.1, 0.15) is 0 Å². The summed E-state index contributed by atoms with van der Waals surface area (Å²) in [4.78, 5) is 25.9. The molecule has 1 N–H and O–H groups in total. The van der Waals surface area contributed by atoms with Gasteiger partial charge in [-0.3, -0.25) is 19.9 Å². The van der Waals surface area contributed by atoms with Crippen LogP contribution in [0.25, 0.3) is 6.08 Å². The Bertz CT molecular complexity index is 409. The number of nitrogens with one attached hydrogen (secondary N) is 1. The van der Waals surface area contributed by atoms with Gasteiger partial charge in [0.2, 0.25) is 5.91 Å². The molecule has 0 saturated carbocycles. The maximum Gasteiger partial charge on any atom is 0.254 e. The van der Waals surface area contributed by atoms with E-state index in [4.69, 9.17) is 0 Å². The number of carbonyl (C=O) groups excluding carboxylic acids is 2. The molecule has 70 valence electrons. The van der Waals surface area contributed by atoms with Crippen LogP contribution >= 0.6 is 0 Å². The predicted molar refractivity (Wildman–Crippen MR) is 50.0 cm³/mol. The lowest BCUT2D eigenvalue weighted by Gasteiger charge is -1.92. The number of hydrogen-bond donors (Lipinski definition) is 1. The fourth-order valence-corrected chi connectivity index (χ4v) is 1.28. The number of rotatable bonds is 1. The van der Waals surface area contributed by atoms with Crippen molar-refractivity contribution in [2.45, 2.75) is 6.42 Å². The van der Waals surface area contributed by atoms with Gasteiger partial charge in [-0.2, -0.15) is 0 Å². The fraction of sp³-hybridized carbons (Fsp3) is 0.100. The van der Waals surface area contributed by atoms with Crippen LogP contribution in [0.15, 0.2) is 30.1 Å². The summed E-state index contributed by atoms with van der Waals surface area (Å²) in [6.07, 6.45) is 5.13. The van der Waals surface area contributed by atoms with Gasteiger partial charge >= 0.3 is 0 Å². The molecule has 0 aliphatic carbocycles. The molecule has 0 radical (unpaired) electrons. The van der Waals surface area contributed by atoms with E-state index in [1.54, 1.807) is 24.5 Å². The van der Waals surface area contributed by atoms with Crippen molar-refractivity contribution < 1.29 is 9.59 Å². The molecule has 4 nitrogen and oxygen atoms in total. The summed E-state index contributed by atoms with van der Waals surface area (Å²) >= 11 is 0. The molecule has 0 spiro atoms. The van der Waals surface area contributed by atoms with Gasteiger partial charge in [-0.1, -0.05) is 6.07 Å². The van der Waals surface area contributed by atoms with Gasteiger partial charge in [-0.15, -0.1) is 0 Å². The minimum Gasteiger partial charge on any atom is -0.292 e. The van der Waals surface area contributed by atoms with E-state index in [1.165, 1.54) is 0 Å². The number of amides is 2. The van der Waals surface area contributed by atoms with Gasteiger partial charge in [-0.25, -0.2) is 0 Å². The van der Waals surface area contributed by atoms with Crippen LogP contribution in [0.5, 0.6) is 0 Å². The third-order valence-electron chi connectivity index (χ3n) is 1.92. The van der Waals surface area contributed by atoms with E-state index >= 15 is 0 Å². The van der Waals surface area contributed by atoms with E-state index < -0.39 is 0 Å². The van der Waals surface area contributed by atoms with Crippen molar-refractivity contribution in [3.63, 3.8) is 0 Å². The summed E-state index contributed by atoms with van der Waals surface area (Å²) in [5, 5.41) is 2.22. The highest BCUT2D eigenvalue weighted by Gasteiger charge is 2.23. The number of aromatic nitrogens is 1. The molecule has 0 aromatic carbocycles. The Morgan fingerprint density at radius 1 is 1.43 bits per heavy atom. The Morgan fingerprint density at radius 3 is 2.86 bits per heavy atom. The van der Waals surface area contributed by atoms with Crippen LogP contribution in [0.2, 0.25) is 0 Å². The lowest BCUT2D eigenvalue weighted by atomic mass is 10.1. The molecule has 1 aliphatic rings. The van der Waals surface area contributed by atoms with Crippen molar-refractivity contribution in [2.24, 2.45) is 0 Å². The van der Waals surface area contributed by atoms with Crippen LogP contribution in [-0.4, -0.2) is 16.8 Å². The summed E-state index contributed by atoms with van der Waals surface area (Å²) in [5.41, 5.74) is 1.32. The van der Waals surface area contributed by atoms with Crippen molar-refractivity contribution in [1.82, 2.24) is 10.3 Å². The molecule has 2 heterocycles. The topological polar surface area (TPSA) is 59.1 Å². The Kier molecular flexibility index (Phi) is 2.10. The molecular weight excluding hydrogens is 180 g/mol. The summed E-state index contributed by atoms with van der Waals surface area (Å²) in [6.45, 7) is 0. The Hall–Kier alpha value is -1.97. The van der Waals surface area contributed by atoms with Crippen molar-refractivity contribution in [3.05, 3.63) is 35.7 Å². The molecule has 0 atom stereocenters. The number of pyridine rings is 1. The zero-order valence-electron chi connectivity index (χ0n) is 7.36. The van der Waals surface area contributed by atoms with Gasteiger partial charge in [0.15, 0.2) is 0 Å². The third-order valence-corrected chi connectivity index (χ3v) is 1.92. The first-order valence-electron chi connectivity index (χ1n) is 4.20. The SMILES string of the molecule is O=C1C/C(=C\c2cccnc2)C(=O)N1. The maximum atomic E-state index is 11.2. The van der Waals surface area contributed by atoms with Crippen LogP contribution in [0.4, 0.5) is 0 Å². The fourth-order valence-electron chi connectivity index (χ4n) is 1.28. The first kappa shape index (κ1) is 8.62. The second-order valence-corrected chi connectivity index (χ2v) is 3.01. The zero-order valence-corrected chi connectivity index (χ0v) is 7.36. The molecule has 1 saturated heterocycles. The van der Waals surface area contributed by atoms with Crippen molar-refractivity contribution in [1.29, 1.82) is 0 Å². The highest BCUT2D eigenvalue weighted by molar-refractivity contribution is 6.15. The number of carbonyl (C=O) groups is 2. The molecule has 4 heteroatoms.